The summed E-state index contributed by atoms with van der Waals surface area (Å²) in [5.74, 6) is 0. The van der Waals surface area contributed by atoms with E-state index >= 15 is 0 Å². The standard InChI is InChI=1S/C7H9N.CH3/c1-7-5-3-2-4-6-8-7;/h2-6,8H,1H3;1H3. The van der Waals surface area contributed by atoms with Crippen LogP contribution in [0.2, 0.25) is 0 Å². The Hall–Kier alpha value is -0.980. The van der Waals surface area contributed by atoms with E-state index in [2.05, 4.69) is 5.32 Å². The van der Waals surface area contributed by atoms with Crippen LogP contribution in [0.25, 0.3) is 0 Å². The molecule has 0 aliphatic carbocycles. The van der Waals surface area contributed by atoms with Gasteiger partial charge in [0.1, 0.15) is 0 Å². The van der Waals surface area contributed by atoms with E-state index in [1.807, 2.05) is 37.4 Å². The highest BCUT2D eigenvalue weighted by molar-refractivity contribution is 5.19. The number of rotatable bonds is 0. The summed E-state index contributed by atoms with van der Waals surface area (Å²) in [5, 5.41) is 3.06. The second-order valence-electron chi connectivity index (χ2n) is 1.74. The van der Waals surface area contributed by atoms with Crippen LogP contribution in [0.5, 0.6) is 0 Å². The first-order chi connectivity index (χ1) is 3.89. The second kappa shape index (κ2) is 3.96. The van der Waals surface area contributed by atoms with Crippen molar-refractivity contribution in [2.75, 3.05) is 0 Å². The maximum atomic E-state index is 3.06. The molecule has 0 saturated heterocycles. The number of allylic oxidation sites excluding steroid dienone is 5. The van der Waals surface area contributed by atoms with Gasteiger partial charge < -0.3 is 5.32 Å². The van der Waals surface area contributed by atoms with Gasteiger partial charge in [0.15, 0.2) is 0 Å². The first-order valence-electron chi connectivity index (χ1n) is 2.66. The highest BCUT2D eigenvalue weighted by Gasteiger charge is 1.80. The van der Waals surface area contributed by atoms with Crippen LogP contribution < -0.4 is 5.32 Å². The molecule has 0 spiro atoms. The van der Waals surface area contributed by atoms with E-state index in [4.69, 9.17) is 0 Å². The summed E-state index contributed by atoms with van der Waals surface area (Å²) >= 11 is 0. The molecule has 49 valence electrons. The SMILES string of the molecule is CC1=CC=CC=CN1.[CH3]. The second-order valence-corrected chi connectivity index (χ2v) is 1.74. The molecule has 1 heteroatoms. The smallest absolute Gasteiger partial charge is 0.0115 e. The number of nitrogens with one attached hydrogen (secondary N) is 1. The summed E-state index contributed by atoms with van der Waals surface area (Å²) in [6.07, 6.45) is 9.90. The molecule has 0 saturated carbocycles. The van der Waals surface area contributed by atoms with Crippen LogP contribution in [0, 0.1) is 7.43 Å². The highest BCUT2D eigenvalue weighted by atomic mass is 14.8. The van der Waals surface area contributed by atoms with Gasteiger partial charge in [0.25, 0.3) is 0 Å². The fraction of sp³-hybridized carbons (Fsp3) is 0.125. The molecule has 0 aromatic carbocycles. The molecule has 0 amide bonds. The summed E-state index contributed by atoms with van der Waals surface area (Å²) in [7, 11) is 0. The minimum Gasteiger partial charge on any atom is -0.365 e. The van der Waals surface area contributed by atoms with Crippen molar-refractivity contribution in [3.63, 3.8) is 0 Å². The van der Waals surface area contributed by atoms with E-state index in [0.717, 1.165) is 0 Å². The predicted octanol–water partition coefficient (Wildman–Crippen LogP) is 2.01. The lowest BCUT2D eigenvalue weighted by atomic mass is 10.4. The molecule has 1 heterocycles. The Bertz CT molecular complexity index is 152. The van der Waals surface area contributed by atoms with Crippen LogP contribution in [0.15, 0.2) is 36.2 Å². The summed E-state index contributed by atoms with van der Waals surface area (Å²) in [4.78, 5) is 0. The Morgan fingerprint density at radius 3 is 2.78 bits per heavy atom. The maximum absolute atomic E-state index is 3.06. The van der Waals surface area contributed by atoms with Gasteiger partial charge in [-0.3, -0.25) is 0 Å². The van der Waals surface area contributed by atoms with E-state index < -0.39 is 0 Å². The first-order valence-corrected chi connectivity index (χ1v) is 2.66. The zero-order valence-corrected chi connectivity index (χ0v) is 5.89. The Kier molecular flexibility index (Phi) is 3.52. The van der Waals surface area contributed by atoms with E-state index in [-0.39, 0.29) is 7.43 Å². The molecule has 0 fully saturated rings. The third kappa shape index (κ3) is 2.75. The van der Waals surface area contributed by atoms with Crippen molar-refractivity contribution in [3.8, 4) is 0 Å². The average molecular weight is 122 g/mol. The molecule has 1 radical (unpaired) electrons. The Labute approximate surface area is 56.8 Å². The van der Waals surface area contributed by atoms with Crippen molar-refractivity contribution in [3.05, 3.63) is 43.6 Å². The van der Waals surface area contributed by atoms with Crippen molar-refractivity contribution >= 4 is 0 Å². The molecular formula is C8H12N. The van der Waals surface area contributed by atoms with Crippen LogP contribution in [0.3, 0.4) is 0 Å². The molecule has 1 nitrogen and oxygen atoms in total. The summed E-state index contributed by atoms with van der Waals surface area (Å²) < 4.78 is 0. The van der Waals surface area contributed by atoms with Crippen molar-refractivity contribution in [1.29, 1.82) is 0 Å². The maximum Gasteiger partial charge on any atom is 0.0115 e. The zero-order valence-electron chi connectivity index (χ0n) is 5.89. The topological polar surface area (TPSA) is 12.0 Å². The molecule has 1 aliphatic heterocycles. The number of hydrogen-bond donors (Lipinski definition) is 1. The molecule has 0 aromatic rings. The van der Waals surface area contributed by atoms with Crippen molar-refractivity contribution in [1.82, 2.24) is 5.32 Å². The average Bonchev–Trinajstić information content (AvgIpc) is 1.94. The Morgan fingerprint density at radius 2 is 2.00 bits per heavy atom. The zero-order chi connectivity index (χ0) is 5.82. The summed E-state index contributed by atoms with van der Waals surface area (Å²) in [5.41, 5.74) is 1.18. The molecular weight excluding hydrogens is 110 g/mol. The van der Waals surface area contributed by atoms with Crippen LogP contribution in [0.1, 0.15) is 6.92 Å². The molecule has 9 heavy (non-hydrogen) atoms. The Balaban J connectivity index is 0.000000640. The van der Waals surface area contributed by atoms with Crippen LogP contribution in [-0.4, -0.2) is 0 Å². The van der Waals surface area contributed by atoms with Crippen LogP contribution in [0.4, 0.5) is 0 Å². The third-order valence-electron chi connectivity index (χ3n) is 0.976. The summed E-state index contributed by atoms with van der Waals surface area (Å²) in [6, 6.07) is 0. The van der Waals surface area contributed by atoms with Gasteiger partial charge in [-0.2, -0.15) is 0 Å². The van der Waals surface area contributed by atoms with Crippen molar-refractivity contribution in [2.45, 2.75) is 6.92 Å². The third-order valence-corrected chi connectivity index (χ3v) is 0.976. The first kappa shape index (κ1) is 8.02. The highest BCUT2D eigenvalue weighted by Crippen LogP contribution is 1.91. The van der Waals surface area contributed by atoms with Gasteiger partial charge >= 0.3 is 0 Å². The molecule has 0 bridgehead atoms. The molecule has 1 aliphatic rings. The van der Waals surface area contributed by atoms with E-state index in [9.17, 15) is 0 Å². The van der Waals surface area contributed by atoms with E-state index in [1.54, 1.807) is 0 Å². The minimum absolute atomic E-state index is 0. The quantitative estimate of drug-likeness (QED) is 0.518. The summed E-state index contributed by atoms with van der Waals surface area (Å²) in [6.45, 7) is 2.03. The largest absolute Gasteiger partial charge is 0.365 e. The monoisotopic (exact) mass is 122 g/mol. The van der Waals surface area contributed by atoms with Gasteiger partial charge in [0.2, 0.25) is 0 Å². The Morgan fingerprint density at radius 1 is 1.22 bits per heavy atom. The molecule has 0 atom stereocenters. The fourth-order valence-corrected chi connectivity index (χ4v) is 0.547. The predicted molar refractivity (Wildman–Crippen MR) is 41.6 cm³/mol. The van der Waals surface area contributed by atoms with Crippen molar-refractivity contribution in [2.24, 2.45) is 0 Å². The van der Waals surface area contributed by atoms with Gasteiger partial charge in [-0.1, -0.05) is 19.6 Å². The normalized spacial score (nSPS) is 15.0. The minimum atomic E-state index is 0. The van der Waals surface area contributed by atoms with Gasteiger partial charge in [-0.05, 0) is 19.1 Å². The van der Waals surface area contributed by atoms with Gasteiger partial charge in [-0.25, -0.2) is 0 Å². The number of hydrogen-bond acceptors (Lipinski definition) is 1. The van der Waals surface area contributed by atoms with Crippen LogP contribution >= 0.6 is 0 Å². The van der Waals surface area contributed by atoms with Crippen molar-refractivity contribution < 1.29 is 0 Å². The lowest BCUT2D eigenvalue weighted by Crippen LogP contribution is -1.98. The molecule has 1 N–H and O–H groups in total. The van der Waals surface area contributed by atoms with Crippen LogP contribution in [-0.2, 0) is 0 Å². The van der Waals surface area contributed by atoms with E-state index in [0.29, 0.717) is 0 Å². The van der Waals surface area contributed by atoms with Gasteiger partial charge in [0, 0.05) is 11.9 Å². The van der Waals surface area contributed by atoms with E-state index in [1.165, 1.54) is 5.70 Å². The molecule has 0 aromatic heterocycles. The fourth-order valence-electron chi connectivity index (χ4n) is 0.547. The van der Waals surface area contributed by atoms with Gasteiger partial charge in [0.05, 0.1) is 0 Å². The molecule has 0 unspecified atom stereocenters. The lowest BCUT2D eigenvalue weighted by Gasteiger charge is -1.93. The van der Waals surface area contributed by atoms with Gasteiger partial charge in [-0.15, -0.1) is 0 Å². The molecule has 1 rings (SSSR count). The lowest BCUT2D eigenvalue weighted by molar-refractivity contribution is 1.06.